The van der Waals surface area contributed by atoms with Gasteiger partial charge in [0.15, 0.2) is 0 Å². The van der Waals surface area contributed by atoms with E-state index in [9.17, 15) is 4.79 Å². The third kappa shape index (κ3) is 4.85. The van der Waals surface area contributed by atoms with Gasteiger partial charge >= 0.3 is 0 Å². The summed E-state index contributed by atoms with van der Waals surface area (Å²) in [7, 11) is 3.38. The molecule has 0 heterocycles. The summed E-state index contributed by atoms with van der Waals surface area (Å²) < 4.78 is 4.85. The lowest BCUT2D eigenvalue weighted by molar-refractivity contribution is -0.131. The van der Waals surface area contributed by atoms with Gasteiger partial charge in [-0.3, -0.25) is 4.79 Å². The molecule has 0 rings (SSSR count). The second-order valence-electron chi connectivity index (χ2n) is 3.15. The molecular weight excluding hydrogens is 168 g/mol. The highest BCUT2D eigenvalue weighted by Gasteiger charge is 2.16. The summed E-state index contributed by atoms with van der Waals surface area (Å²) in [6, 6.07) is -0.420. The third-order valence-corrected chi connectivity index (χ3v) is 1.89. The van der Waals surface area contributed by atoms with Gasteiger partial charge < -0.3 is 15.4 Å². The first kappa shape index (κ1) is 12.4. The van der Waals surface area contributed by atoms with E-state index in [1.807, 2.05) is 6.92 Å². The molecule has 0 saturated carbocycles. The maximum atomic E-state index is 11.5. The highest BCUT2D eigenvalue weighted by molar-refractivity contribution is 5.81. The first-order valence-corrected chi connectivity index (χ1v) is 4.63. The summed E-state index contributed by atoms with van der Waals surface area (Å²) in [6.07, 6.45) is 1.54. The molecule has 13 heavy (non-hydrogen) atoms. The first-order valence-electron chi connectivity index (χ1n) is 4.63. The number of carbonyl (C=O) groups is 1. The van der Waals surface area contributed by atoms with E-state index in [1.165, 1.54) is 0 Å². The van der Waals surface area contributed by atoms with Crippen LogP contribution in [-0.2, 0) is 9.53 Å². The summed E-state index contributed by atoms with van der Waals surface area (Å²) in [4.78, 5) is 13.2. The van der Waals surface area contributed by atoms with Crippen LogP contribution in [-0.4, -0.2) is 44.2 Å². The van der Waals surface area contributed by atoms with Crippen LogP contribution < -0.4 is 5.73 Å². The highest BCUT2D eigenvalue weighted by Crippen LogP contribution is 1.96. The molecule has 0 aliphatic heterocycles. The van der Waals surface area contributed by atoms with Gasteiger partial charge in [0.05, 0.1) is 6.04 Å². The lowest BCUT2D eigenvalue weighted by Gasteiger charge is -2.20. The molecule has 0 aromatic rings. The van der Waals surface area contributed by atoms with Crippen LogP contribution in [0.1, 0.15) is 19.8 Å². The van der Waals surface area contributed by atoms with Crippen molar-refractivity contribution < 1.29 is 9.53 Å². The quantitative estimate of drug-likeness (QED) is 0.648. The number of methoxy groups -OCH3 is 1. The van der Waals surface area contributed by atoms with Crippen molar-refractivity contribution in [3.63, 3.8) is 0 Å². The Bertz CT molecular complexity index is 151. The molecule has 1 unspecified atom stereocenters. The molecule has 0 spiro atoms. The Morgan fingerprint density at radius 2 is 2.23 bits per heavy atom. The van der Waals surface area contributed by atoms with Gasteiger partial charge in [0, 0.05) is 27.3 Å². The molecule has 78 valence electrons. The molecule has 0 saturated heterocycles. The molecule has 1 amide bonds. The standard InChI is InChI=1S/C9H20N2O2/c1-4-6-11(2)9(12)8(10)5-7-13-3/h8H,4-7,10H2,1-3H3. The number of hydrogen-bond acceptors (Lipinski definition) is 3. The molecule has 0 aromatic heterocycles. The molecule has 0 fully saturated rings. The Hall–Kier alpha value is -0.610. The molecule has 0 aliphatic rings. The predicted molar refractivity (Wildman–Crippen MR) is 52.4 cm³/mol. The Labute approximate surface area is 80.0 Å². The topological polar surface area (TPSA) is 55.6 Å². The zero-order valence-electron chi connectivity index (χ0n) is 8.75. The van der Waals surface area contributed by atoms with E-state index in [0.717, 1.165) is 13.0 Å². The van der Waals surface area contributed by atoms with Crippen molar-refractivity contribution in [1.29, 1.82) is 0 Å². The van der Waals surface area contributed by atoms with Crippen LogP contribution in [0.4, 0.5) is 0 Å². The zero-order chi connectivity index (χ0) is 10.3. The van der Waals surface area contributed by atoms with Gasteiger partial charge in [-0.1, -0.05) is 6.92 Å². The number of amides is 1. The molecule has 0 aliphatic carbocycles. The van der Waals surface area contributed by atoms with E-state index >= 15 is 0 Å². The van der Waals surface area contributed by atoms with E-state index in [-0.39, 0.29) is 5.91 Å². The maximum absolute atomic E-state index is 11.5. The SMILES string of the molecule is CCCN(C)C(=O)C(N)CCOC. The van der Waals surface area contributed by atoms with Crippen molar-refractivity contribution in [1.82, 2.24) is 4.90 Å². The van der Waals surface area contributed by atoms with Crippen molar-refractivity contribution in [3.05, 3.63) is 0 Å². The number of likely N-dealkylation sites (N-methyl/N-ethyl adjacent to an activating group) is 1. The molecule has 4 heteroatoms. The number of nitrogens with two attached hydrogens (primary N) is 1. The van der Waals surface area contributed by atoms with Crippen molar-refractivity contribution >= 4 is 5.91 Å². The van der Waals surface area contributed by atoms with Gasteiger partial charge in [0.25, 0.3) is 0 Å². The number of ether oxygens (including phenoxy) is 1. The highest BCUT2D eigenvalue weighted by atomic mass is 16.5. The Balaban J connectivity index is 3.79. The Morgan fingerprint density at radius 1 is 1.62 bits per heavy atom. The Morgan fingerprint density at radius 3 is 2.69 bits per heavy atom. The lowest BCUT2D eigenvalue weighted by atomic mass is 10.2. The van der Waals surface area contributed by atoms with Gasteiger partial charge in [-0.05, 0) is 12.8 Å². The summed E-state index contributed by atoms with van der Waals surface area (Å²) >= 11 is 0. The Kier molecular flexibility index (Phi) is 6.54. The first-order chi connectivity index (χ1) is 6.13. The van der Waals surface area contributed by atoms with Crippen LogP contribution in [0.15, 0.2) is 0 Å². The van der Waals surface area contributed by atoms with Crippen LogP contribution in [0.3, 0.4) is 0 Å². The van der Waals surface area contributed by atoms with Crippen LogP contribution in [0.5, 0.6) is 0 Å². The summed E-state index contributed by atoms with van der Waals surface area (Å²) in [5.74, 6) is -0.00102. The molecule has 0 bridgehead atoms. The predicted octanol–water partition coefficient (Wildman–Crippen LogP) is 0.219. The van der Waals surface area contributed by atoms with Crippen molar-refractivity contribution in [2.24, 2.45) is 5.73 Å². The average Bonchev–Trinajstić information content (AvgIpc) is 2.13. The molecule has 4 nitrogen and oxygen atoms in total. The maximum Gasteiger partial charge on any atom is 0.239 e. The fourth-order valence-corrected chi connectivity index (χ4v) is 1.10. The fourth-order valence-electron chi connectivity index (χ4n) is 1.10. The van der Waals surface area contributed by atoms with Crippen molar-refractivity contribution in [2.45, 2.75) is 25.8 Å². The van der Waals surface area contributed by atoms with Gasteiger partial charge in [-0.15, -0.1) is 0 Å². The second kappa shape index (κ2) is 6.86. The summed E-state index contributed by atoms with van der Waals surface area (Å²) in [6.45, 7) is 3.33. The zero-order valence-corrected chi connectivity index (χ0v) is 8.75. The minimum Gasteiger partial charge on any atom is -0.385 e. The number of nitrogens with zero attached hydrogens (tertiary/aromatic N) is 1. The van der Waals surface area contributed by atoms with Crippen molar-refractivity contribution in [3.8, 4) is 0 Å². The normalized spacial score (nSPS) is 12.6. The second-order valence-corrected chi connectivity index (χ2v) is 3.15. The number of hydrogen-bond donors (Lipinski definition) is 1. The number of rotatable bonds is 6. The molecule has 0 aromatic carbocycles. The van der Waals surface area contributed by atoms with E-state index < -0.39 is 6.04 Å². The molecule has 1 atom stereocenters. The van der Waals surface area contributed by atoms with Crippen LogP contribution in [0, 0.1) is 0 Å². The van der Waals surface area contributed by atoms with E-state index in [2.05, 4.69) is 0 Å². The molecule has 0 radical (unpaired) electrons. The minimum atomic E-state index is -0.420. The van der Waals surface area contributed by atoms with Gasteiger partial charge in [0.2, 0.25) is 5.91 Å². The monoisotopic (exact) mass is 188 g/mol. The van der Waals surface area contributed by atoms with Crippen LogP contribution >= 0.6 is 0 Å². The van der Waals surface area contributed by atoms with Crippen LogP contribution in [0.25, 0.3) is 0 Å². The number of carbonyl (C=O) groups excluding carboxylic acids is 1. The summed E-state index contributed by atoms with van der Waals surface area (Å²) in [5.41, 5.74) is 5.66. The smallest absolute Gasteiger partial charge is 0.239 e. The van der Waals surface area contributed by atoms with Gasteiger partial charge in [-0.25, -0.2) is 0 Å². The largest absolute Gasteiger partial charge is 0.385 e. The summed E-state index contributed by atoms with van der Waals surface area (Å²) in [5, 5.41) is 0. The average molecular weight is 188 g/mol. The van der Waals surface area contributed by atoms with Gasteiger partial charge in [-0.2, -0.15) is 0 Å². The molecular formula is C9H20N2O2. The van der Waals surface area contributed by atoms with Crippen molar-refractivity contribution in [2.75, 3.05) is 27.3 Å². The fraction of sp³-hybridized carbons (Fsp3) is 0.889. The van der Waals surface area contributed by atoms with E-state index in [0.29, 0.717) is 13.0 Å². The van der Waals surface area contributed by atoms with Gasteiger partial charge in [0.1, 0.15) is 0 Å². The lowest BCUT2D eigenvalue weighted by Crippen LogP contribution is -2.42. The van der Waals surface area contributed by atoms with E-state index in [1.54, 1.807) is 19.1 Å². The van der Waals surface area contributed by atoms with E-state index in [4.69, 9.17) is 10.5 Å². The molecule has 2 N–H and O–H groups in total. The third-order valence-electron chi connectivity index (χ3n) is 1.89. The van der Waals surface area contributed by atoms with Crippen LogP contribution in [0.2, 0.25) is 0 Å². The minimum absolute atomic E-state index is 0.00102.